The second-order valence-electron chi connectivity index (χ2n) is 4.38. The van der Waals surface area contributed by atoms with Gasteiger partial charge in [-0.15, -0.1) is 0 Å². The number of halogens is 1. The fourth-order valence-electron chi connectivity index (χ4n) is 2.14. The van der Waals surface area contributed by atoms with Crippen molar-refractivity contribution in [2.45, 2.75) is 26.8 Å². The molecule has 2 rings (SSSR count). The number of guanidine groups is 1. The molecule has 0 atom stereocenters. The lowest BCUT2D eigenvalue weighted by atomic mass is 10.1. The number of hydrogen-bond acceptors (Lipinski definition) is 2. The van der Waals surface area contributed by atoms with Crippen LogP contribution in [0.4, 0.5) is 0 Å². The van der Waals surface area contributed by atoms with E-state index in [1.54, 1.807) is 0 Å². The van der Waals surface area contributed by atoms with Gasteiger partial charge in [0.25, 0.3) is 0 Å². The van der Waals surface area contributed by atoms with Crippen LogP contribution in [0.25, 0.3) is 0 Å². The summed E-state index contributed by atoms with van der Waals surface area (Å²) in [7, 11) is 0. The highest BCUT2D eigenvalue weighted by atomic mass is 79.9. The van der Waals surface area contributed by atoms with Crippen LogP contribution in [0.5, 0.6) is 5.75 Å². The number of nitrogens with zero attached hydrogens (tertiary/aromatic N) is 1. The predicted molar refractivity (Wildman–Crippen MR) is 81.8 cm³/mol. The summed E-state index contributed by atoms with van der Waals surface area (Å²) in [6.45, 7) is 7.24. The molecule has 0 amide bonds. The average molecular weight is 326 g/mol. The number of nitrogens with one attached hydrogen (secondary N) is 2. The molecule has 0 bridgehead atoms. The minimum absolute atomic E-state index is 0.622. The Hall–Kier alpha value is -1.23. The molecule has 1 aliphatic heterocycles. The van der Waals surface area contributed by atoms with Crippen molar-refractivity contribution in [1.82, 2.24) is 10.6 Å². The van der Waals surface area contributed by atoms with Gasteiger partial charge in [0.05, 0.1) is 13.2 Å². The third-order valence-corrected chi connectivity index (χ3v) is 3.38. The van der Waals surface area contributed by atoms with Crippen LogP contribution in [0.1, 0.15) is 25.0 Å². The first-order chi connectivity index (χ1) is 9.24. The summed E-state index contributed by atoms with van der Waals surface area (Å²) in [6.07, 6.45) is 0.985. The molecular formula is C14H20BrN3O. The van der Waals surface area contributed by atoms with Crippen molar-refractivity contribution >= 4 is 21.9 Å². The van der Waals surface area contributed by atoms with Gasteiger partial charge in [-0.25, -0.2) is 4.99 Å². The Morgan fingerprint density at radius 2 is 2.05 bits per heavy atom. The quantitative estimate of drug-likeness (QED) is 0.660. The molecule has 0 spiro atoms. The minimum Gasteiger partial charge on any atom is -0.493 e. The maximum atomic E-state index is 5.71. The average Bonchev–Trinajstić information content (AvgIpc) is 2.84. The number of hydrogen-bond donors (Lipinski definition) is 2. The fraction of sp³-hybridized carbons (Fsp3) is 0.500. The molecule has 4 nitrogen and oxygen atoms in total. The van der Waals surface area contributed by atoms with Crippen LogP contribution >= 0.6 is 15.9 Å². The van der Waals surface area contributed by atoms with E-state index in [9.17, 15) is 0 Å². The molecule has 1 aliphatic rings. The van der Waals surface area contributed by atoms with E-state index in [-0.39, 0.29) is 0 Å². The second kappa shape index (κ2) is 6.80. The van der Waals surface area contributed by atoms with Gasteiger partial charge in [-0.1, -0.05) is 15.9 Å². The Balaban J connectivity index is 2.16. The summed E-state index contributed by atoms with van der Waals surface area (Å²) in [5, 5.41) is 6.44. The minimum atomic E-state index is 0.622. The van der Waals surface area contributed by atoms with Crippen LogP contribution in [-0.4, -0.2) is 25.7 Å². The van der Waals surface area contributed by atoms with Crippen LogP contribution in [-0.2, 0) is 13.0 Å². The first-order valence-electron chi connectivity index (χ1n) is 6.70. The molecule has 0 aliphatic carbocycles. The first-order valence-corrected chi connectivity index (χ1v) is 7.50. The van der Waals surface area contributed by atoms with Gasteiger partial charge in [-0.2, -0.15) is 0 Å². The van der Waals surface area contributed by atoms with Crippen LogP contribution in [0.2, 0.25) is 0 Å². The van der Waals surface area contributed by atoms with E-state index < -0.39 is 0 Å². The summed E-state index contributed by atoms with van der Waals surface area (Å²) < 4.78 is 6.80. The van der Waals surface area contributed by atoms with Crippen molar-refractivity contribution in [2.75, 3.05) is 19.7 Å². The van der Waals surface area contributed by atoms with E-state index in [0.29, 0.717) is 6.54 Å². The summed E-state index contributed by atoms with van der Waals surface area (Å²) in [5.41, 5.74) is 2.41. The third-order valence-electron chi connectivity index (χ3n) is 2.92. The van der Waals surface area contributed by atoms with E-state index >= 15 is 0 Å². The molecule has 0 fully saturated rings. The standard InChI is InChI=1S/C14H20BrN3O/c1-3-16-14(17-4-2)18-9-11-8-12(15)7-10-5-6-19-13(10)11/h7-8H,3-6,9H2,1-2H3,(H2,16,17,18). The summed E-state index contributed by atoms with van der Waals surface area (Å²) in [5.74, 6) is 1.86. The van der Waals surface area contributed by atoms with Crippen LogP contribution in [0, 0.1) is 0 Å². The molecule has 0 aromatic heterocycles. The summed E-state index contributed by atoms with van der Waals surface area (Å²) in [6, 6.07) is 4.22. The van der Waals surface area contributed by atoms with Crippen molar-refractivity contribution in [2.24, 2.45) is 4.99 Å². The van der Waals surface area contributed by atoms with Gasteiger partial charge in [0.1, 0.15) is 5.75 Å². The van der Waals surface area contributed by atoms with Gasteiger partial charge < -0.3 is 15.4 Å². The van der Waals surface area contributed by atoms with Gasteiger partial charge in [-0.3, -0.25) is 0 Å². The highest BCUT2D eigenvalue weighted by molar-refractivity contribution is 9.10. The number of benzene rings is 1. The number of ether oxygens (including phenoxy) is 1. The predicted octanol–water partition coefficient (Wildman–Crippen LogP) is 2.46. The summed E-state index contributed by atoms with van der Waals surface area (Å²) >= 11 is 3.55. The Labute approximate surface area is 122 Å². The fourth-order valence-corrected chi connectivity index (χ4v) is 2.69. The molecule has 5 heteroatoms. The van der Waals surface area contributed by atoms with E-state index in [1.165, 1.54) is 5.56 Å². The lowest BCUT2D eigenvalue weighted by molar-refractivity contribution is 0.353. The van der Waals surface area contributed by atoms with Crippen molar-refractivity contribution < 1.29 is 4.74 Å². The van der Waals surface area contributed by atoms with E-state index in [1.807, 2.05) is 0 Å². The zero-order chi connectivity index (χ0) is 13.7. The Kier molecular flexibility index (Phi) is 5.07. The number of fused-ring (bicyclic) bond motifs is 1. The molecule has 0 saturated heterocycles. The van der Waals surface area contributed by atoms with Crippen LogP contribution in [0.3, 0.4) is 0 Å². The normalized spacial score (nSPS) is 12.6. The lowest BCUT2D eigenvalue weighted by Gasteiger charge is -2.11. The van der Waals surface area contributed by atoms with Crippen LogP contribution in [0.15, 0.2) is 21.6 Å². The molecule has 1 aromatic rings. The van der Waals surface area contributed by atoms with Gasteiger partial charge in [0.15, 0.2) is 5.96 Å². The lowest BCUT2D eigenvalue weighted by Crippen LogP contribution is -2.36. The Bertz CT molecular complexity index is 466. The maximum Gasteiger partial charge on any atom is 0.191 e. The SMILES string of the molecule is CCNC(=NCc1cc(Br)cc2c1OCC2)NCC. The van der Waals surface area contributed by atoms with Crippen molar-refractivity contribution in [3.05, 3.63) is 27.7 Å². The van der Waals surface area contributed by atoms with E-state index in [0.717, 1.165) is 47.9 Å². The van der Waals surface area contributed by atoms with E-state index in [2.05, 4.69) is 57.5 Å². The van der Waals surface area contributed by atoms with Gasteiger partial charge in [0, 0.05) is 29.5 Å². The molecule has 1 aromatic carbocycles. The highest BCUT2D eigenvalue weighted by Gasteiger charge is 2.17. The van der Waals surface area contributed by atoms with Crippen LogP contribution < -0.4 is 15.4 Å². The van der Waals surface area contributed by atoms with Gasteiger partial charge in [0.2, 0.25) is 0 Å². The van der Waals surface area contributed by atoms with E-state index in [4.69, 9.17) is 4.74 Å². The number of rotatable bonds is 4. The van der Waals surface area contributed by atoms with Gasteiger partial charge in [-0.05, 0) is 31.5 Å². The smallest absolute Gasteiger partial charge is 0.191 e. The molecule has 104 valence electrons. The Morgan fingerprint density at radius 3 is 2.74 bits per heavy atom. The largest absolute Gasteiger partial charge is 0.493 e. The molecule has 1 heterocycles. The third kappa shape index (κ3) is 3.62. The zero-order valence-electron chi connectivity index (χ0n) is 11.4. The molecule has 0 unspecified atom stereocenters. The topological polar surface area (TPSA) is 45.7 Å². The monoisotopic (exact) mass is 325 g/mol. The Morgan fingerprint density at radius 1 is 1.32 bits per heavy atom. The highest BCUT2D eigenvalue weighted by Crippen LogP contribution is 2.33. The first kappa shape index (κ1) is 14.2. The second-order valence-corrected chi connectivity index (χ2v) is 5.29. The molecule has 2 N–H and O–H groups in total. The number of aliphatic imine (C=N–C) groups is 1. The van der Waals surface area contributed by atoms with Crippen molar-refractivity contribution in [3.8, 4) is 5.75 Å². The summed E-state index contributed by atoms with van der Waals surface area (Å²) in [4.78, 5) is 4.59. The molecular weight excluding hydrogens is 306 g/mol. The van der Waals surface area contributed by atoms with Gasteiger partial charge >= 0.3 is 0 Å². The zero-order valence-corrected chi connectivity index (χ0v) is 13.0. The maximum absolute atomic E-state index is 5.71. The van der Waals surface area contributed by atoms with Crippen molar-refractivity contribution in [1.29, 1.82) is 0 Å². The molecule has 0 radical (unpaired) electrons. The molecule has 19 heavy (non-hydrogen) atoms. The molecule has 0 saturated carbocycles. The van der Waals surface area contributed by atoms with Crippen molar-refractivity contribution in [3.63, 3.8) is 0 Å².